The molecule has 1 heterocycles. The van der Waals surface area contributed by atoms with E-state index in [2.05, 4.69) is 24.0 Å². The second kappa shape index (κ2) is 5.93. The predicted molar refractivity (Wildman–Crippen MR) is 62.7 cm³/mol. The Labute approximate surface area is 96.0 Å². The molecule has 0 fully saturated rings. The summed E-state index contributed by atoms with van der Waals surface area (Å²) in [7, 11) is 4.10. The fourth-order valence-electron chi connectivity index (χ4n) is 1.20. The second-order valence-electron chi connectivity index (χ2n) is 3.78. The number of halogens is 1. The Morgan fingerprint density at radius 3 is 2.87 bits per heavy atom. The number of hydrogen-bond acceptors (Lipinski definition) is 3. The molecule has 1 aromatic rings. The summed E-state index contributed by atoms with van der Waals surface area (Å²) in [5.74, 6) is 0.828. The fraction of sp³-hybridized carbons (Fsp3) is 0.545. The molecule has 0 aliphatic carbocycles. The quantitative estimate of drug-likeness (QED) is 0.572. The van der Waals surface area contributed by atoms with E-state index in [9.17, 15) is 0 Å². The van der Waals surface area contributed by atoms with Gasteiger partial charge in [-0.3, -0.25) is 0 Å². The molecule has 0 radical (unpaired) electrons. The van der Waals surface area contributed by atoms with Gasteiger partial charge in [0.05, 0.1) is 6.61 Å². The number of aryl methyl sites for hydroxylation is 1. The zero-order valence-electron chi connectivity index (χ0n) is 9.46. The zero-order chi connectivity index (χ0) is 11.3. The maximum atomic E-state index is 5.78. The first-order valence-electron chi connectivity index (χ1n) is 4.99. The van der Waals surface area contributed by atoms with Gasteiger partial charge in [0.2, 0.25) is 0 Å². The van der Waals surface area contributed by atoms with Crippen molar-refractivity contribution >= 4 is 11.6 Å². The van der Waals surface area contributed by atoms with Gasteiger partial charge in [0.15, 0.2) is 0 Å². The van der Waals surface area contributed by atoms with Gasteiger partial charge >= 0.3 is 0 Å². The number of nitrogens with zero attached hydrogens (tertiary/aromatic N) is 2. The first-order valence-corrected chi connectivity index (χ1v) is 5.37. The van der Waals surface area contributed by atoms with Crippen molar-refractivity contribution in [3.05, 3.63) is 23.0 Å². The molecule has 0 atom stereocenters. The van der Waals surface area contributed by atoms with Crippen LogP contribution in [0.15, 0.2) is 12.3 Å². The molecular weight excluding hydrogens is 212 g/mol. The molecule has 0 N–H and O–H groups in total. The van der Waals surface area contributed by atoms with Crippen molar-refractivity contribution in [1.82, 2.24) is 9.88 Å². The van der Waals surface area contributed by atoms with E-state index >= 15 is 0 Å². The first-order chi connectivity index (χ1) is 7.09. The van der Waals surface area contributed by atoms with Crippen LogP contribution in [0.1, 0.15) is 12.0 Å². The Kier molecular flexibility index (Phi) is 4.85. The van der Waals surface area contributed by atoms with Crippen LogP contribution in [-0.2, 0) is 0 Å². The summed E-state index contributed by atoms with van der Waals surface area (Å²) in [4.78, 5) is 6.11. The van der Waals surface area contributed by atoms with E-state index in [-0.39, 0.29) is 0 Å². The van der Waals surface area contributed by atoms with Gasteiger partial charge in [-0.1, -0.05) is 11.6 Å². The third kappa shape index (κ3) is 4.49. The summed E-state index contributed by atoms with van der Waals surface area (Å²) in [5, 5.41) is 0.475. The van der Waals surface area contributed by atoms with E-state index in [4.69, 9.17) is 16.3 Å². The van der Waals surface area contributed by atoms with Crippen LogP contribution in [-0.4, -0.2) is 37.1 Å². The SMILES string of the molecule is Cc1cnc(Cl)cc1OCCCN(C)C. The molecule has 0 unspecified atom stereocenters. The molecule has 3 nitrogen and oxygen atoms in total. The maximum absolute atomic E-state index is 5.78. The molecule has 0 aromatic carbocycles. The minimum absolute atomic E-state index is 0.475. The van der Waals surface area contributed by atoms with E-state index in [1.807, 2.05) is 6.92 Å². The highest BCUT2D eigenvalue weighted by atomic mass is 35.5. The minimum Gasteiger partial charge on any atom is -0.493 e. The summed E-state index contributed by atoms with van der Waals surface area (Å²) in [6.07, 6.45) is 2.73. The lowest BCUT2D eigenvalue weighted by atomic mass is 10.3. The predicted octanol–water partition coefficient (Wildman–Crippen LogP) is 2.37. The molecule has 0 bridgehead atoms. The number of pyridine rings is 1. The lowest BCUT2D eigenvalue weighted by molar-refractivity contribution is 0.280. The van der Waals surface area contributed by atoms with Gasteiger partial charge < -0.3 is 9.64 Å². The van der Waals surface area contributed by atoms with E-state index in [0.29, 0.717) is 11.8 Å². The highest BCUT2D eigenvalue weighted by Gasteiger charge is 2.01. The van der Waals surface area contributed by atoms with Gasteiger partial charge in [-0.15, -0.1) is 0 Å². The Balaban J connectivity index is 2.40. The van der Waals surface area contributed by atoms with Crippen LogP contribution < -0.4 is 4.74 Å². The maximum Gasteiger partial charge on any atom is 0.132 e. The first kappa shape index (κ1) is 12.3. The summed E-state index contributed by atoms with van der Waals surface area (Å²) in [6.45, 7) is 3.70. The average molecular weight is 229 g/mol. The Morgan fingerprint density at radius 1 is 1.47 bits per heavy atom. The molecule has 0 spiro atoms. The van der Waals surface area contributed by atoms with Gasteiger partial charge in [-0.2, -0.15) is 0 Å². The Morgan fingerprint density at radius 2 is 2.20 bits per heavy atom. The largest absolute Gasteiger partial charge is 0.493 e. The molecule has 0 aliphatic rings. The van der Waals surface area contributed by atoms with Crippen molar-refractivity contribution in [3.8, 4) is 5.75 Å². The fourth-order valence-corrected chi connectivity index (χ4v) is 1.35. The Bertz CT molecular complexity index is 315. The van der Waals surface area contributed by atoms with Crippen LogP contribution in [0, 0.1) is 6.92 Å². The van der Waals surface area contributed by atoms with Gasteiger partial charge in [0, 0.05) is 24.4 Å². The standard InChI is InChI=1S/C11H17ClN2O/c1-9-8-13-11(12)7-10(9)15-6-4-5-14(2)3/h7-8H,4-6H2,1-3H3. The molecule has 0 amide bonds. The summed E-state index contributed by atoms with van der Waals surface area (Å²) in [6, 6.07) is 1.76. The van der Waals surface area contributed by atoms with Gasteiger partial charge in [0.25, 0.3) is 0 Å². The molecule has 0 saturated carbocycles. The van der Waals surface area contributed by atoms with E-state index < -0.39 is 0 Å². The molecule has 15 heavy (non-hydrogen) atoms. The molecule has 1 aromatic heterocycles. The van der Waals surface area contributed by atoms with E-state index in [1.165, 1.54) is 0 Å². The highest BCUT2D eigenvalue weighted by Crippen LogP contribution is 2.20. The van der Waals surface area contributed by atoms with Crippen LogP contribution in [0.2, 0.25) is 5.15 Å². The molecule has 84 valence electrons. The van der Waals surface area contributed by atoms with Gasteiger partial charge in [-0.05, 0) is 27.4 Å². The molecule has 4 heteroatoms. The zero-order valence-corrected chi connectivity index (χ0v) is 10.2. The summed E-state index contributed by atoms with van der Waals surface area (Å²) >= 11 is 5.78. The highest BCUT2D eigenvalue weighted by molar-refractivity contribution is 6.29. The van der Waals surface area contributed by atoms with Crippen molar-refractivity contribution in [1.29, 1.82) is 0 Å². The van der Waals surface area contributed by atoms with E-state index in [0.717, 1.165) is 24.3 Å². The summed E-state index contributed by atoms with van der Waals surface area (Å²) < 4.78 is 5.62. The number of rotatable bonds is 5. The molecule has 0 aliphatic heterocycles. The molecule has 1 rings (SSSR count). The van der Waals surface area contributed by atoms with E-state index in [1.54, 1.807) is 12.3 Å². The smallest absolute Gasteiger partial charge is 0.132 e. The minimum atomic E-state index is 0.475. The van der Waals surface area contributed by atoms with Crippen molar-refractivity contribution < 1.29 is 4.74 Å². The van der Waals surface area contributed by atoms with Crippen LogP contribution in [0.4, 0.5) is 0 Å². The van der Waals surface area contributed by atoms with Crippen molar-refractivity contribution in [3.63, 3.8) is 0 Å². The lowest BCUT2D eigenvalue weighted by Gasteiger charge is -2.11. The normalized spacial score (nSPS) is 10.7. The molecular formula is C11H17ClN2O. The third-order valence-electron chi connectivity index (χ3n) is 2.03. The van der Waals surface area contributed by atoms with Crippen LogP contribution >= 0.6 is 11.6 Å². The Hall–Kier alpha value is -0.800. The van der Waals surface area contributed by atoms with Gasteiger partial charge in [0.1, 0.15) is 10.9 Å². The number of aromatic nitrogens is 1. The monoisotopic (exact) mass is 228 g/mol. The topological polar surface area (TPSA) is 25.4 Å². The second-order valence-corrected chi connectivity index (χ2v) is 4.17. The molecule has 0 saturated heterocycles. The van der Waals surface area contributed by atoms with Crippen molar-refractivity contribution in [2.24, 2.45) is 0 Å². The number of ether oxygens (including phenoxy) is 1. The van der Waals surface area contributed by atoms with Crippen LogP contribution in [0.5, 0.6) is 5.75 Å². The van der Waals surface area contributed by atoms with Crippen LogP contribution in [0.3, 0.4) is 0 Å². The van der Waals surface area contributed by atoms with Crippen molar-refractivity contribution in [2.45, 2.75) is 13.3 Å². The van der Waals surface area contributed by atoms with Crippen molar-refractivity contribution in [2.75, 3.05) is 27.2 Å². The summed E-state index contributed by atoms with van der Waals surface area (Å²) in [5.41, 5.74) is 1.02. The van der Waals surface area contributed by atoms with Gasteiger partial charge in [-0.25, -0.2) is 4.98 Å². The third-order valence-corrected chi connectivity index (χ3v) is 2.23. The van der Waals surface area contributed by atoms with Crippen LogP contribution in [0.25, 0.3) is 0 Å². The average Bonchev–Trinajstić information content (AvgIpc) is 2.17. The number of hydrogen-bond donors (Lipinski definition) is 0. The lowest BCUT2D eigenvalue weighted by Crippen LogP contribution is -2.15.